The number of rotatable bonds is 7. The van der Waals surface area contributed by atoms with Gasteiger partial charge in [0.25, 0.3) is 15.9 Å². The summed E-state index contributed by atoms with van der Waals surface area (Å²) in [5.41, 5.74) is 2.77. The SMILES string of the molecule is COc1ccc(C2CCCN2C(=O)c2ccc(OC)c(S(=O)(=O)Nc3ccc(C)cc3)c2)cc1. The molecule has 1 amide bonds. The summed E-state index contributed by atoms with van der Waals surface area (Å²) in [5, 5.41) is 0. The Morgan fingerprint density at radius 3 is 2.32 bits per heavy atom. The van der Waals surface area contributed by atoms with Crippen molar-refractivity contribution < 1.29 is 22.7 Å². The number of nitrogens with one attached hydrogen (secondary N) is 1. The Morgan fingerprint density at radius 2 is 1.68 bits per heavy atom. The lowest BCUT2D eigenvalue weighted by Crippen LogP contribution is -2.30. The van der Waals surface area contributed by atoms with Crippen molar-refractivity contribution in [3.8, 4) is 11.5 Å². The molecule has 1 fully saturated rings. The van der Waals surface area contributed by atoms with Crippen LogP contribution in [0.2, 0.25) is 0 Å². The molecule has 3 aromatic rings. The molecule has 0 spiro atoms. The van der Waals surface area contributed by atoms with Crippen LogP contribution in [0.1, 0.15) is 40.4 Å². The van der Waals surface area contributed by atoms with Crippen molar-refractivity contribution in [2.45, 2.75) is 30.7 Å². The number of aryl methyl sites for hydroxylation is 1. The third-order valence-corrected chi connectivity index (χ3v) is 7.42. The quantitative estimate of drug-likeness (QED) is 0.526. The molecule has 8 heteroatoms. The maximum absolute atomic E-state index is 13.5. The zero-order chi connectivity index (χ0) is 24.3. The minimum Gasteiger partial charge on any atom is -0.497 e. The van der Waals surface area contributed by atoms with E-state index in [0.29, 0.717) is 17.8 Å². The van der Waals surface area contributed by atoms with Crippen LogP contribution in [0.3, 0.4) is 0 Å². The molecule has 0 bridgehead atoms. The zero-order valence-electron chi connectivity index (χ0n) is 19.4. The summed E-state index contributed by atoms with van der Waals surface area (Å²) in [4.78, 5) is 15.2. The van der Waals surface area contributed by atoms with Gasteiger partial charge in [0.2, 0.25) is 0 Å². The monoisotopic (exact) mass is 480 g/mol. The fourth-order valence-electron chi connectivity index (χ4n) is 4.20. The number of amides is 1. The molecule has 0 radical (unpaired) electrons. The summed E-state index contributed by atoms with van der Waals surface area (Å²) in [6, 6.07) is 19.2. The van der Waals surface area contributed by atoms with Gasteiger partial charge in [0, 0.05) is 17.8 Å². The van der Waals surface area contributed by atoms with E-state index in [0.717, 1.165) is 29.7 Å². The fourth-order valence-corrected chi connectivity index (χ4v) is 5.45. The average molecular weight is 481 g/mol. The van der Waals surface area contributed by atoms with Gasteiger partial charge in [-0.2, -0.15) is 0 Å². The standard InChI is InChI=1S/C26H28N2O5S/c1-18-6-11-21(12-7-18)27-34(30,31)25-17-20(10-15-24(25)33-3)26(29)28-16-4-5-23(28)19-8-13-22(32-2)14-9-19/h6-15,17,23,27H,4-5,16H2,1-3H3. The second-order valence-electron chi connectivity index (χ2n) is 8.27. The highest BCUT2D eigenvalue weighted by molar-refractivity contribution is 7.92. The summed E-state index contributed by atoms with van der Waals surface area (Å²) in [6.07, 6.45) is 1.72. The molecule has 1 heterocycles. The first-order chi connectivity index (χ1) is 16.3. The number of sulfonamides is 1. The fraction of sp³-hybridized carbons (Fsp3) is 0.269. The molecule has 0 aromatic heterocycles. The molecule has 1 atom stereocenters. The van der Waals surface area contributed by atoms with E-state index in [4.69, 9.17) is 9.47 Å². The summed E-state index contributed by atoms with van der Waals surface area (Å²) in [5.74, 6) is 0.711. The van der Waals surface area contributed by atoms with Crippen LogP contribution < -0.4 is 14.2 Å². The van der Waals surface area contributed by atoms with E-state index in [1.807, 2.05) is 43.3 Å². The highest BCUT2D eigenvalue weighted by atomic mass is 32.2. The lowest BCUT2D eigenvalue weighted by Gasteiger charge is -2.26. The number of hydrogen-bond acceptors (Lipinski definition) is 5. The number of nitrogens with zero attached hydrogens (tertiary/aromatic N) is 1. The number of hydrogen-bond donors (Lipinski definition) is 1. The molecule has 0 saturated carbocycles. The number of ether oxygens (including phenoxy) is 2. The lowest BCUT2D eigenvalue weighted by atomic mass is 10.0. The molecule has 1 unspecified atom stereocenters. The van der Waals surface area contributed by atoms with Gasteiger partial charge < -0.3 is 14.4 Å². The van der Waals surface area contributed by atoms with Crippen LogP contribution in [0.5, 0.6) is 11.5 Å². The Hall–Kier alpha value is -3.52. The second kappa shape index (κ2) is 9.77. The van der Waals surface area contributed by atoms with Crippen molar-refractivity contribution in [2.24, 2.45) is 0 Å². The molecular formula is C26H28N2O5S. The molecule has 1 aliphatic rings. The van der Waals surface area contributed by atoms with Gasteiger partial charge in [-0.15, -0.1) is 0 Å². The third-order valence-electron chi connectivity index (χ3n) is 6.02. The van der Waals surface area contributed by atoms with Gasteiger partial charge in [0.05, 0.1) is 20.3 Å². The first-order valence-electron chi connectivity index (χ1n) is 11.0. The molecule has 0 aliphatic carbocycles. The minimum absolute atomic E-state index is 0.0775. The van der Waals surface area contributed by atoms with E-state index < -0.39 is 10.0 Å². The molecule has 1 saturated heterocycles. The van der Waals surface area contributed by atoms with Gasteiger partial charge in [-0.05, 0) is 67.8 Å². The van der Waals surface area contributed by atoms with Crippen LogP contribution in [0.15, 0.2) is 71.6 Å². The van der Waals surface area contributed by atoms with Crippen LogP contribution in [0.4, 0.5) is 5.69 Å². The van der Waals surface area contributed by atoms with Crippen molar-refractivity contribution in [1.29, 1.82) is 0 Å². The number of benzene rings is 3. The number of likely N-dealkylation sites (tertiary alicyclic amines) is 1. The second-order valence-corrected chi connectivity index (χ2v) is 9.92. The number of methoxy groups -OCH3 is 2. The van der Waals surface area contributed by atoms with Crippen LogP contribution in [0, 0.1) is 6.92 Å². The van der Waals surface area contributed by atoms with E-state index in [-0.39, 0.29) is 22.6 Å². The van der Waals surface area contributed by atoms with Gasteiger partial charge >= 0.3 is 0 Å². The topological polar surface area (TPSA) is 84.9 Å². The molecule has 4 rings (SSSR count). The molecule has 7 nitrogen and oxygen atoms in total. The maximum atomic E-state index is 13.5. The average Bonchev–Trinajstić information content (AvgIpc) is 3.34. The van der Waals surface area contributed by atoms with Crippen molar-refractivity contribution in [1.82, 2.24) is 4.90 Å². The summed E-state index contributed by atoms with van der Waals surface area (Å²) >= 11 is 0. The summed E-state index contributed by atoms with van der Waals surface area (Å²) < 4.78 is 39.5. The Labute approximate surface area is 200 Å². The van der Waals surface area contributed by atoms with Crippen molar-refractivity contribution >= 4 is 21.6 Å². The smallest absolute Gasteiger partial charge is 0.265 e. The first-order valence-corrected chi connectivity index (χ1v) is 12.5. The largest absolute Gasteiger partial charge is 0.497 e. The van der Waals surface area contributed by atoms with E-state index in [2.05, 4.69) is 4.72 Å². The van der Waals surface area contributed by atoms with E-state index in [9.17, 15) is 13.2 Å². The number of anilines is 1. The summed E-state index contributed by atoms with van der Waals surface area (Å²) in [6.45, 7) is 2.53. The van der Waals surface area contributed by atoms with Crippen LogP contribution in [-0.4, -0.2) is 40.0 Å². The Balaban J connectivity index is 1.63. The van der Waals surface area contributed by atoms with Crippen molar-refractivity contribution in [3.05, 3.63) is 83.4 Å². The number of carbonyl (C=O) groups excluding carboxylic acids is 1. The third kappa shape index (κ3) is 4.87. The molecule has 1 aliphatic heterocycles. The Kier molecular flexibility index (Phi) is 6.79. The first kappa shape index (κ1) is 23.6. The summed E-state index contributed by atoms with van der Waals surface area (Å²) in [7, 11) is -0.962. The van der Waals surface area contributed by atoms with Crippen LogP contribution in [-0.2, 0) is 10.0 Å². The van der Waals surface area contributed by atoms with Gasteiger partial charge in [-0.1, -0.05) is 29.8 Å². The van der Waals surface area contributed by atoms with Crippen LogP contribution in [0.25, 0.3) is 0 Å². The van der Waals surface area contributed by atoms with Crippen molar-refractivity contribution in [2.75, 3.05) is 25.5 Å². The van der Waals surface area contributed by atoms with E-state index in [1.165, 1.54) is 19.2 Å². The van der Waals surface area contributed by atoms with E-state index >= 15 is 0 Å². The Bertz CT molecular complexity index is 1270. The van der Waals surface area contributed by atoms with Gasteiger partial charge in [0.1, 0.15) is 16.4 Å². The Morgan fingerprint density at radius 1 is 0.971 bits per heavy atom. The maximum Gasteiger partial charge on any atom is 0.265 e. The lowest BCUT2D eigenvalue weighted by molar-refractivity contribution is 0.0735. The van der Waals surface area contributed by atoms with E-state index in [1.54, 1.807) is 30.2 Å². The van der Waals surface area contributed by atoms with Gasteiger partial charge in [0.15, 0.2) is 0 Å². The minimum atomic E-state index is -3.98. The number of carbonyl (C=O) groups is 1. The molecule has 1 N–H and O–H groups in total. The van der Waals surface area contributed by atoms with Crippen molar-refractivity contribution in [3.63, 3.8) is 0 Å². The highest BCUT2D eigenvalue weighted by Gasteiger charge is 2.32. The molecule has 34 heavy (non-hydrogen) atoms. The molecule has 3 aromatic carbocycles. The zero-order valence-corrected chi connectivity index (χ0v) is 20.3. The highest BCUT2D eigenvalue weighted by Crippen LogP contribution is 2.35. The normalized spacial score (nSPS) is 15.7. The predicted molar refractivity (Wildman–Crippen MR) is 131 cm³/mol. The predicted octanol–water partition coefficient (Wildman–Crippen LogP) is 4.79. The molecular weight excluding hydrogens is 452 g/mol. The van der Waals surface area contributed by atoms with Crippen LogP contribution >= 0.6 is 0 Å². The van der Waals surface area contributed by atoms with Gasteiger partial charge in [-0.3, -0.25) is 9.52 Å². The molecule has 178 valence electrons. The van der Waals surface area contributed by atoms with Gasteiger partial charge in [-0.25, -0.2) is 8.42 Å².